The molecular formula is C21H15F3N4O2. The van der Waals surface area contributed by atoms with Crippen LogP contribution in [0.4, 0.5) is 24.7 Å². The minimum Gasteiger partial charge on any atom is -0.324 e. The predicted octanol–water partition coefficient (Wildman–Crippen LogP) is 3.78. The summed E-state index contributed by atoms with van der Waals surface area (Å²) in [6.45, 7) is 1.87. The van der Waals surface area contributed by atoms with Gasteiger partial charge >= 0.3 is 6.18 Å². The zero-order valence-corrected chi connectivity index (χ0v) is 15.7. The number of rotatable bonds is 1. The second-order valence-corrected chi connectivity index (χ2v) is 7.45. The number of nitrogens with zero attached hydrogens (tertiary/aromatic N) is 2. The molecule has 2 aliphatic rings. The van der Waals surface area contributed by atoms with E-state index in [1.54, 1.807) is 6.07 Å². The van der Waals surface area contributed by atoms with E-state index in [1.807, 2.05) is 19.1 Å². The van der Waals surface area contributed by atoms with Gasteiger partial charge in [0.1, 0.15) is 11.2 Å². The van der Waals surface area contributed by atoms with Crippen LogP contribution in [0.25, 0.3) is 5.69 Å². The molecule has 1 atom stereocenters. The van der Waals surface area contributed by atoms with Crippen LogP contribution in [0, 0.1) is 6.92 Å². The van der Waals surface area contributed by atoms with Crippen molar-refractivity contribution in [2.24, 2.45) is 0 Å². The van der Waals surface area contributed by atoms with Crippen LogP contribution < -0.4 is 10.6 Å². The SMILES string of the molecule is Cc1cccc2c1NC(=O)C21CC(=O)Nc2c1cnn2-c1ccc(C(F)(F)F)cc1. The number of para-hydroxylation sites is 1. The van der Waals surface area contributed by atoms with Crippen molar-refractivity contribution in [2.45, 2.75) is 24.9 Å². The number of fused-ring (bicyclic) bond motifs is 4. The van der Waals surface area contributed by atoms with Gasteiger partial charge in [0, 0.05) is 17.7 Å². The second-order valence-electron chi connectivity index (χ2n) is 7.45. The maximum Gasteiger partial charge on any atom is 0.416 e. The summed E-state index contributed by atoms with van der Waals surface area (Å²) >= 11 is 0. The van der Waals surface area contributed by atoms with E-state index < -0.39 is 17.2 Å². The van der Waals surface area contributed by atoms with Gasteiger partial charge in [-0.05, 0) is 42.3 Å². The van der Waals surface area contributed by atoms with Crippen molar-refractivity contribution in [2.75, 3.05) is 10.6 Å². The topological polar surface area (TPSA) is 76.0 Å². The maximum absolute atomic E-state index is 13.1. The van der Waals surface area contributed by atoms with Gasteiger partial charge in [-0.1, -0.05) is 18.2 Å². The summed E-state index contributed by atoms with van der Waals surface area (Å²) in [4.78, 5) is 25.7. The number of hydrogen-bond donors (Lipinski definition) is 2. The fourth-order valence-electron chi connectivity index (χ4n) is 4.26. The molecule has 0 saturated carbocycles. The number of aromatic nitrogens is 2. The van der Waals surface area contributed by atoms with Crippen LogP contribution in [0.1, 0.15) is 28.7 Å². The molecule has 0 radical (unpaired) electrons. The average molecular weight is 412 g/mol. The lowest BCUT2D eigenvalue weighted by Crippen LogP contribution is -2.43. The van der Waals surface area contributed by atoms with Crippen LogP contribution in [-0.4, -0.2) is 21.6 Å². The highest BCUT2D eigenvalue weighted by molar-refractivity contribution is 6.15. The van der Waals surface area contributed by atoms with Gasteiger partial charge in [-0.3, -0.25) is 9.59 Å². The molecule has 0 bridgehead atoms. The lowest BCUT2D eigenvalue weighted by Gasteiger charge is -2.31. The average Bonchev–Trinajstić information content (AvgIpc) is 3.23. The van der Waals surface area contributed by atoms with E-state index in [2.05, 4.69) is 15.7 Å². The van der Waals surface area contributed by atoms with E-state index >= 15 is 0 Å². The van der Waals surface area contributed by atoms with Crippen LogP contribution in [0.3, 0.4) is 0 Å². The van der Waals surface area contributed by atoms with Crippen LogP contribution >= 0.6 is 0 Å². The molecule has 6 nitrogen and oxygen atoms in total. The minimum atomic E-state index is -4.45. The van der Waals surface area contributed by atoms with Gasteiger partial charge in [0.15, 0.2) is 0 Å². The Kier molecular flexibility index (Phi) is 3.65. The number of aryl methyl sites for hydroxylation is 1. The molecule has 2 N–H and O–H groups in total. The Balaban J connectivity index is 1.68. The third kappa shape index (κ3) is 2.41. The molecule has 30 heavy (non-hydrogen) atoms. The Bertz CT molecular complexity index is 1210. The van der Waals surface area contributed by atoms with E-state index in [0.29, 0.717) is 22.5 Å². The third-order valence-corrected chi connectivity index (χ3v) is 5.71. The van der Waals surface area contributed by atoms with Gasteiger partial charge in [-0.15, -0.1) is 0 Å². The number of benzene rings is 2. The summed E-state index contributed by atoms with van der Waals surface area (Å²) in [5, 5.41) is 9.89. The molecule has 1 unspecified atom stereocenters. The summed E-state index contributed by atoms with van der Waals surface area (Å²) in [5.41, 5.74) is 1.06. The first-order valence-corrected chi connectivity index (χ1v) is 9.19. The Morgan fingerprint density at radius 2 is 1.77 bits per heavy atom. The van der Waals surface area contributed by atoms with E-state index in [9.17, 15) is 22.8 Å². The molecule has 9 heteroatoms. The van der Waals surface area contributed by atoms with Crippen molar-refractivity contribution in [3.8, 4) is 5.69 Å². The van der Waals surface area contributed by atoms with Gasteiger partial charge in [-0.25, -0.2) is 4.68 Å². The van der Waals surface area contributed by atoms with Crippen molar-refractivity contribution in [1.29, 1.82) is 0 Å². The van der Waals surface area contributed by atoms with Crippen LogP contribution in [0.15, 0.2) is 48.7 Å². The lowest BCUT2D eigenvalue weighted by molar-refractivity contribution is -0.137. The van der Waals surface area contributed by atoms with E-state index in [-0.39, 0.29) is 24.1 Å². The molecule has 1 aromatic heterocycles. The number of alkyl halides is 3. The highest BCUT2D eigenvalue weighted by Crippen LogP contribution is 2.50. The smallest absolute Gasteiger partial charge is 0.324 e. The van der Waals surface area contributed by atoms with Crippen LogP contribution in [0.2, 0.25) is 0 Å². The summed E-state index contributed by atoms with van der Waals surface area (Å²) in [6, 6.07) is 9.94. The van der Waals surface area contributed by atoms with Crippen molar-refractivity contribution in [3.05, 3.63) is 70.9 Å². The summed E-state index contributed by atoms with van der Waals surface area (Å²) in [7, 11) is 0. The Labute approximate surface area is 168 Å². The van der Waals surface area contributed by atoms with Crippen molar-refractivity contribution in [3.63, 3.8) is 0 Å². The van der Waals surface area contributed by atoms with Gasteiger partial charge in [-0.2, -0.15) is 18.3 Å². The summed E-state index contributed by atoms with van der Waals surface area (Å²) in [5.74, 6) is -0.425. The Hall–Kier alpha value is -3.62. The number of anilines is 2. The largest absolute Gasteiger partial charge is 0.416 e. The van der Waals surface area contributed by atoms with Gasteiger partial charge < -0.3 is 10.6 Å². The van der Waals surface area contributed by atoms with Crippen LogP contribution in [0.5, 0.6) is 0 Å². The molecule has 2 aromatic carbocycles. The molecule has 5 rings (SSSR count). The highest BCUT2D eigenvalue weighted by Gasteiger charge is 2.54. The van der Waals surface area contributed by atoms with Crippen molar-refractivity contribution >= 4 is 23.3 Å². The van der Waals surface area contributed by atoms with Gasteiger partial charge in [0.2, 0.25) is 11.8 Å². The number of hydrogen-bond acceptors (Lipinski definition) is 3. The molecular weight excluding hydrogens is 397 g/mol. The van der Waals surface area contributed by atoms with E-state index in [1.165, 1.54) is 23.0 Å². The fourth-order valence-corrected chi connectivity index (χ4v) is 4.26. The summed E-state index contributed by atoms with van der Waals surface area (Å²) < 4.78 is 40.0. The molecule has 3 heterocycles. The van der Waals surface area contributed by atoms with E-state index in [0.717, 1.165) is 17.7 Å². The molecule has 152 valence electrons. The standard InChI is InChI=1S/C21H15F3N4O2/c1-11-3-2-4-14-17(11)27-19(30)20(14)9-16(29)26-18-15(20)10-25-28(18)13-7-5-12(6-8-13)21(22,23)24/h2-8,10H,9H2,1H3,(H,26,29)(H,27,30). The molecule has 0 saturated heterocycles. The lowest BCUT2D eigenvalue weighted by atomic mass is 9.71. The first kappa shape index (κ1) is 18.4. The monoisotopic (exact) mass is 412 g/mol. The molecule has 2 aliphatic heterocycles. The summed E-state index contributed by atoms with van der Waals surface area (Å²) in [6.07, 6.45) is -3.05. The normalized spacial score (nSPS) is 20.0. The minimum absolute atomic E-state index is 0.0823. The molecule has 0 aliphatic carbocycles. The Morgan fingerprint density at radius 3 is 2.47 bits per heavy atom. The van der Waals surface area contributed by atoms with E-state index in [4.69, 9.17) is 0 Å². The van der Waals surface area contributed by atoms with Crippen molar-refractivity contribution in [1.82, 2.24) is 9.78 Å². The third-order valence-electron chi connectivity index (χ3n) is 5.71. The van der Waals surface area contributed by atoms with Crippen molar-refractivity contribution < 1.29 is 22.8 Å². The van der Waals surface area contributed by atoms with Gasteiger partial charge in [0.25, 0.3) is 0 Å². The Morgan fingerprint density at radius 1 is 1.03 bits per heavy atom. The number of halogens is 3. The zero-order valence-electron chi connectivity index (χ0n) is 15.7. The highest BCUT2D eigenvalue weighted by atomic mass is 19.4. The zero-order chi connectivity index (χ0) is 21.3. The second kappa shape index (κ2) is 5.94. The van der Waals surface area contributed by atoms with Crippen LogP contribution in [-0.2, 0) is 21.2 Å². The molecule has 0 fully saturated rings. The quantitative estimate of drug-likeness (QED) is 0.639. The maximum atomic E-state index is 13.1. The number of nitrogens with one attached hydrogen (secondary N) is 2. The number of amides is 2. The first-order chi connectivity index (χ1) is 14.2. The number of carbonyl (C=O) groups excluding carboxylic acids is 2. The molecule has 2 amide bonds. The molecule has 1 spiro atoms. The number of carbonyl (C=O) groups is 2. The van der Waals surface area contributed by atoms with Gasteiger partial charge in [0.05, 0.1) is 17.4 Å². The molecule has 3 aromatic rings. The predicted molar refractivity (Wildman–Crippen MR) is 102 cm³/mol. The fraction of sp³-hybridized carbons (Fsp3) is 0.190. The first-order valence-electron chi connectivity index (χ1n) is 9.19.